The topological polar surface area (TPSA) is 61.0 Å². The van der Waals surface area contributed by atoms with E-state index in [1.165, 1.54) is 13.3 Å². The van der Waals surface area contributed by atoms with Crippen LogP contribution in [0.2, 0.25) is 5.15 Å². The molecule has 5 heteroatoms. The Morgan fingerprint density at radius 3 is 3.00 bits per heavy atom. The molecule has 0 spiro atoms. The van der Waals surface area contributed by atoms with E-state index >= 15 is 0 Å². The van der Waals surface area contributed by atoms with E-state index in [1.54, 1.807) is 0 Å². The molecule has 0 radical (unpaired) electrons. The Morgan fingerprint density at radius 2 is 2.45 bits per heavy atom. The Morgan fingerprint density at radius 1 is 1.73 bits per heavy atom. The van der Waals surface area contributed by atoms with E-state index in [0.29, 0.717) is 18.1 Å². The van der Waals surface area contributed by atoms with Crippen LogP contribution in [0.15, 0.2) is 6.20 Å². The fourth-order valence-corrected chi connectivity index (χ4v) is 0.788. The molecule has 0 unspecified atom stereocenters. The summed E-state index contributed by atoms with van der Waals surface area (Å²) in [6, 6.07) is 0. The van der Waals surface area contributed by atoms with Gasteiger partial charge in [-0.05, 0) is 0 Å². The molecule has 1 rings (SSSR count). The highest BCUT2D eigenvalue weighted by Crippen LogP contribution is 2.17. The number of hydrogen-bond donors (Lipinski definition) is 1. The third kappa shape index (κ3) is 1.78. The molecular weight excluding hydrogens is 166 g/mol. The number of nitrogens with zero attached hydrogens (tertiary/aromatic N) is 2. The maximum atomic E-state index is 5.61. The molecule has 0 aliphatic rings. The van der Waals surface area contributed by atoms with Crippen LogP contribution in [0.25, 0.3) is 0 Å². The molecule has 0 aromatic carbocycles. The maximum absolute atomic E-state index is 5.61. The molecule has 60 valence electrons. The van der Waals surface area contributed by atoms with Crippen LogP contribution < -0.4 is 10.5 Å². The van der Waals surface area contributed by atoms with Gasteiger partial charge in [0.1, 0.15) is 0 Å². The van der Waals surface area contributed by atoms with Gasteiger partial charge < -0.3 is 10.5 Å². The summed E-state index contributed by atoms with van der Waals surface area (Å²) in [6.07, 6.45) is 1.52. The lowest BCUT2D eigenvalue weighted by Gasteiger charge is -2.01. The number of hydrogen-bond acceptors (Lipinski definition) is 4. The first-order chi connectivity index (χ1) is 5.27. The van der Waals surface area contributed by atoms with Crippen molar-refractivity contribution in [2.45, 2.75) is 6.54 Å². The van der Waals surface area contributed by atoms with Crippen molar-refractivity contribution < 1.29 is 4.74 Å². The molecule has 0 aliphatic carbocycles. The maximum Gasteiger partial charge on any atom is 0.252 e. The highest BCUT2D eigenvalue weighted by Gasteiger charge is 2.03. The molecule has 1 heterocycles. The number of nitrogens with two attached hydrogens (primary N) is 1. The van der Waals surface area contributed by atoms with Gasteiger partial charge in [-0.3, -0.25) is 0 Å². The van der Waals surface area contributed by atoms with E-state index in [1.807, 2.05) is 0 Å². The van der Waals surface area contributed by atoms with Crippen LogP contribution >= 0.6 is 11.6 Å². The lowest BCUT2D eigenvalue weighted by atomic mass is 10.4. The van der Waals surface area contributed by atoms with E-state index in [2.05, 4.69) is 9.97 Å². The van der Waals surface area contributed by atoms with Gasteiger partial charge >= 0.3 is 0 Å². The van der Waals surface area contributed by atoms with Crippen molar-refractivity contribution in [3.63, 3.8) is 0 Å². The Balaban J connectivity index is 3.02. The van der Waals surface area contributed by atoms with Gasteiger partial charge in [0.05, 0.1) is 19.0 Å². The fourth-order valence-electron chi connectivity index (χ4n) is 0.620. The van der Waals surface area contributed by atoms with Crippen LogP contribution in [0.5, 0.6) is 5.88 Å². The summed E-state index contributed by atoms with van der Waals surface area (Å²) < 4.78 is 4.83. The summed E-state index contributed by atoms with van der Waals surface area (Å²) in [6.45, 7) is 0.334. The van der Waals surface area contributed by atoms with Crippen molar-refractivity contribution in [2.24, 2.45) is 5.73 Å². The molecule has 0 bridgehead atoms. The molecule has 0 atom stereocenters. The van der Waals surface area contributed by atoms with Crippen molar-refractivity contribution in [1.29, 1.82) is 0 Å². The van der Waals surface area contributed by atoms with E-state index < -0.39 is 0 Å². The van der Waals surface area contributed by atoms with E-state index in [9.17, 15) is 0 Å². The zero-order valence-corrected chi connectivity index (χ0v) is 6.80. The Labute approximate surface area is 69.4 Å². The Bertz CT molecular complexity index is 254. The van der Waals surface area contributed by atoms with E-state index in [0.717, 1.165) is 0 Å². The van der Waals surface area contributed by atoms with Crippen LogP contribution in [0.1, 0.15) is 5.69 Å². The van der Waals surface area contributed by atoms with Crippen LogP contribution in [-0.2, 0) is 6.54 Å². The van der Waals surface area contributed by atoms with Gasteiger partial charge in [0.25, 0.3) is 5.88 Å². The molecule has 1 aromatic heterocycles. The summed E-state index contributed by atoms with van der Waals surface area (Å²) in [5.74, 6) is 0.314. The molecular formula is C6H8ClN3O. The first kappa shape index (κ1) is 8.23. The second-order valence-corrected chi connectivity index (χ2v) is 2.22. The smallest absolute Gasteiger partial charge is 0.252 e. The minimum Gasteiger partial charge on any atom is -0.479 e. The second-order valence-electron chi connectivity index (χ2n) is 1.87. The number of methoxy groups -OCH3 is 1. The summed E-state index contributed by atoms with van der Waals surface area (Å²) in [7, 11) is 1.48. The monoisotopic (exact) mass is 173 g/mol. The van der Waals surface area contributed by atoms with E-state index in [4.69, 9.17) is 22.1 Å². The zero-order chi connectivity index (χ0) is 8.27. The third-order valence-electron chi connectivity index (χ3n) is 1.15. The summed E-state index contributed by atoms with van der Waals surface area (Å²) in [5, 5.41) is 0.254. The molecule has 2 N–H and O–H groups in total. The summed E-state index contributed by atoms with van der Waals surface area (Å²) in [5.41, 5.74) is 5.98. The lowest BCUT2D eigenvalue weighted by molar-refractivity contribution is 0.394. The van der Waals surface area contributed by atoms with Gasteiger partial charge in [0.2, 0.25) is 0 Å². The molecule has 0 saturated carbocycles. The van der Waals surface area contributed by atoms with Gasteiger partial charge in [-0.15, -0.1) is 0 Å². The number of aromatic nitrogens is 2. The Hall–Kier alpha value is -0.870. The molecule has 11 heavy (non-hydrogen) atoms. The molecule has 0 amide bonds. The van der Waals surface area contributed by atoms with Gasteiger partial charge in [-0.2, -0.15) is 0 Å². The van der Waals surface area contributed by atoms with Gasteiger partial charge in [0.15, 0.2) is 5.15 Å². The highest BCUT2D eigenvalue weighted by molar-refractivity contribution is 6.30. The van der Waals surface area contributed by atoms with Gasteiger partial charge in [0, 0.05) is 6.54 Å². The average molecular weight is 174 g/mol. The second kappa shape index (κ2) is 3.50. The highest BCUT2D eigenvalue weighted by atomic mass is 35.5. The third-order valence-corrected chi connectivity index (χ3v) is 1.41. The molecule has 0 fully saturated rings. The summed E-state index contributed by atoms with van der Waals surface area (Å²) >= 11 is 5.61. The molecule has 0 aliphatic heterocycles. The Kier molecular flexibility index (Phi) is 2.62. The minimum absolute atomic E-state index is 0.254. The van der Waals surface area contributed by atoms with Crippen LogP contribution in [0.4, 0.5) is 0 Å². The van der Waals surface area contributed by atoms with Crippen molar-refractivity contribution in [2.75, 3.05) is 7.11 Å². The number of rotatable bonds is 2. The normalized spacial score (nSPS) is 9.73. The number of ether oxygens (including phenoxy) is 1. The van der Waals surface area contributed by atoms with Crippen molar-refractivity contribution >= 4 is 11.6 Å². The first-order valence-corrected chi connectivity index (χ1v) is 3.41. The predicted octanol–water partition coefficient (Wildman–Crippen LogP) is 0.597. The van der Waals surface area contributed by atoms with Crippen LogP contribution in [0.3, 0.4) is 0 Å². The van der Waals surface area contributed by atoms with Crippen molar-refractivity contribution in [3.05, 3.63) is 17.0 Å². The summed E-state index contributed by atoms with van der Waals surface area (Å²) in [4.78, 5) is 7.79. The van der Waals surface area contributed by atoms with Crippen LogP contribution in [-0.4, -0.2) is 17.1 Å². The zero-order valence-electron chi connectivity index (χ0n) is 6.04. The fraction of sp³-hybridized carbons (Fsp3) is 0.333. The quantitative estimate of drug-likeness (QED) is 0.712. The van der Waals surface area contributed by atoms with E-state index in [-0.39, 0.29) is 5.15 Å². The van der Waals surface area contributed by atoms with Crippen LogP contribution in [0, 0.1) is 0 Å². The standard InChI is InChI=1S/C6H8ClN3O/c1-11-6-5(7)9-3-4(2-8)10-6/h3H,2,8H2,1H3. The molecule has 1 aromatic rings. The minimum atomic E-state index is 0.254. The molecule has 4 nitrogen and oxygen atoms in total. The molecule has 0 saturated heterocycles. The average Bonchev–Trinajstić information content (AvgIpc) is 2.05. The van der Waals surface area contributed by atoms with Crippen molar-refractivity contribution in [1.82, 2.24) is 9.97 Å². The van der Waals surface area contributed by atoms with Crippen molar-refractivity contribution in [3.8, 4) is 5.88 Å². The first-order valence-electron chi connectivity index (χ1n) is 3.03. The lowest BCUT2D eigenvalue weighted by Crippen LogP contribution is -2.02. The SMILES string of the molecule is COc1nc(CN)cnc1Cl. The largest absolute Gasteiger partial charge is 0.479 e. The predicted molar refractivity (Wildman–Crippen MR) is 41.5 cm³/mol. The van der Waals surface area contributed by atoms with Gasteiger partial charge in [-0.1, -0.05) is 11.6 Å². The van der Waals surface area contributed by atoms with Gasteiger partial charge in [-0.25, -0.2) is 9.97 Å². The number of halogens is 1.